The molecule has 0 saturated carbocycles. The SMILES string of the molecule is Cc1cc[c]c(O)c1. The Kier molecular flexibility index (Phi) is 1.20. The summed E-state index contributed by atoms with van der Waals surface area (Å²) in [6, 6.07) is 7.88. The number of aryl methyl sites for hydroxylation is 1. The maximum atomic E-state index is 8.76. The second-order valence-corrected chi connectivity index (χ2v) is 1.75. The minimum absolute atomic E-state index is 0.213. The van der Waals surface area contributed by atoms with Gasteiger partial charge < -0.3 is 5.11 Å². The minimum Gasteiger partial charge on any atom is -0.507 e. The molecule has 1 nitrogen and oxygen atoms in total. The quantitative estimate of drug-likeness (QED) is 0.532. The average Bonchev–Trinajstić information content (AvgIpc) is 1.64. The van der Waals surface area contributed by atoms with Crippen molar-refractivity contribution in [3.63, 3.8) is 0 Å². The van der Waals surface area contributed by atoms with Crippen LogP contribution in [0.15, 0.2) is 18.2 Å². The molecule has 1 heteroatoms. The van der Waals surface area contributed by atoms with Gasteiger partial charge in [0.15, 0.2) is 0 Å². The minimum atomic E-state index is 0.213. The maximum absolute atomic E-state index is 8.76. The molecule has 0 bridgehead atoms. The summed E-state index contributed by atoms with van der Waals surface area (Å²) < 4.78 is 0. The zero-order chi connectivity index (χ0) is 5.98. The number of hydrogen-bond donors (Lipinski definition) is 1. The molecular formula is C7H7O. The summed E-state index contributed by atoms with van der Waals surface area (Å²) in [5.74, 6) is 0.213. The first-order chi connectivity index (χ1) is 3.79. The van der Waals surface area contributed by atoms with Gasteiger partial charge in [0, 0.05) is 6.07 Å². The summed E-state index contributed by atoms with van der Waals surface area (Å²) in [5.41, 5.74) is 1.06. The van der Waals surface area contributed by atoms with Crippen LogP contribution in [-0.4, -0.2) is 5.11 Å². The van der Waals surface area contributed by atoms with Gasteiger partial charge in [-0.05, 0) is 18.6 Å². The molecule has 0 spiro atoms. The topological polar surface area (TPSA) is 20.2 Å². The number of phenolic OH excluding ortho intramolecular Hbond substituents is 1. The second-order valence-electron chi connectivity index (χ2n) is 1.75. The normalized spacial score (nSPS) is 9.12. The third-order valence-electron chi connectivity index (χ3n) is 0.942. The second kappa shape index (κ2) is 1.86. The van der Waals surface area contributed by atoms with Gasteiger partial charge in [-0.15, -0.1) is 0 Å². The maximum Gasteiger partial charge on any atom is 0.123 e. The lowest BCUT2D eigenvalue weighted by Crippen LogP contribution is -1.67. The lowest BCUT2D eigenvalue weighted by atomic mass is 10.2. The van der Waals surface area contributed by atoms with Crippen LogP contribution >= 0.6 is 0 Å². The molecule has 0 amide bonds. The van der Waals surface area contributed by atoms with Crippen LogP contribution in [0.2, 0.25) is 0 Å². The molecule has 1 N–H and O–H groups in total. The molecule has 0 aliphatic carbocycles. The fourth-order valence-corrected chi connectivity index (χ4v) is 0.564. The van der Waals surface area contributed by atoms with Gasteiger partial charge in [-0.3, -0.25) is 0 Å². The van der Waals surface area contributed by atoms with Crippen molar-refractivity contribution < 1.29 is 5.11 Å². The van der Waals surface area contributed by atoms with Crippen LogP contribution in [0.5, 0.6) is 5.75 Å². The molecule has 0 aliphatic heterocycles. The smallest absolute Gasteiger partial charge is 0.123 e. The Hall–Kier alpha value is -0.980. The van der Waals surface area contributed by atoms with Crippen molar-refractivity contribution in [2.75, 3.05) is 0 Å². The molecule has 0 heterocycles. The number of benzene rings is 1. The van der Waals surface area contributed by atoms with Crippen LogP contribution < -0.4 is 0 Å². The lowest BCUT2D eigenvalue weighted by molar-refractivity contribution is 0.473. The molecule has 0 unspecified atom stereocenters. The van der Waals surface area contributed by atoms with Gasteiger partial charge in [0.05, 0.1) is 0 Å². The highest BCUT2D eigenvalue weighted by Crippen LogP contribution is 2.07. The van der Waals surface area contributed by atoms with Crippen molar-refractivity contribution in [2.45, 2.75) is 6.92 Å². The first-order valence-corrected chi connectivity index (χ1v) is 2.46. The predicted molar refractivity (Wildman–Crippen MR) is 31.7 cm³/mol. The largest absolute Gasteiger partial charge is 0.507 e. The third-order valence-corrected chi connectivity index (χ3v) is 0.942. The van der Waals surface area contributed by atoms with Crippen molar-refractivity contribution >= 4 is 0 Å². The fourth-order valence-electron chi connectivity index (χ4n) is 0.564. The van der Waals surface area contributed by atoms with Crippen molar-refractivity contribution in [1.82, 2.24) is 0 Å². The van der Waals surface area contributed by atoms with E-state index in [9.17, 15) is 0 Å². The van der Waals surface area contributed by atoms with E-state index in [0.29, 0.717) is 0 Å². The first kappa shape index (κ1) is 5.16. The predicted octanol–water partition coefficient (Wildman–Crippen LogP) is 1.50. The van der Waals surface area contributed by atoms with Crippen LogP contribution in [0.3, 0.4) is 0 Å². The molecule has 1 aromatic carbocycles. The molecule has 8 heavy (non-hydrogen) atoms. The highest BCUT2D eigenvalue weighted by molar-refractivity contribution is 5.24. The van der Waals surface area contributed by atoms with Gasteiger partial charge in [-0.2, -0.15) is 0 Å². The fraction of sp³-hybridized carbons (Fsp3) is 0.143. The number of aromatic hydroxyl groups is 1. The Morgan fingerprint density at radius 1 is 1.62 bits per heavy atom. The standard InChI is InChI=1S/C7H7O/c1-6-3-2-4-7(8)5-6/h2-3,5,8H,1H3. The highest BCUT2D eigenvalue weighted by atomic mass is 16.3. The molecule has 1 rings (SSSR count). The Balaban J connectivity index is 3.08. The van der Waals surface area contributed by atoms with Crippen molar-refractivity contribution in [1.29, 1.82) is 0 Å². The molecule has 0 fully saturated rings. The van der Waals surface area contributed by atoms with Gasteiger partial charge in [-0.1, -0.05) is 12.1 Å². The van der Waals surface area contributed by atoms with E-state index in [0.717, 1.165) is 5.56 Å². The molecule has 0 saturated heterocycles. The summed E-state index contributed by atoms with van der Waals surface area (Å²) in [5, 5.41) is 8.76. The Labute approximate surface area is 48.6 Å². The summed E-state index contributed by atoms with van der Waals surface area (Å²) in [6.07, 6.45) is 0. The van der Waals surface area contributed by atoms with Crippen LogP contribution in [-0.2, 0) is 0 Å². The Morgan fingerprint density at radius 3 is 2.75 bits per heavy atom. The molecule has 0 aliphatic rings. The van der Waals surface area contributed by atoms with E-state index in [4.69, 9.17) is 5.11 Å². The highest BCUT2D eigenvalue weighted by Gasteiger charge is 1.83. The summed E-state index contributed by atoms with van der Waals surface area (Å²) in [4.78, 5) is 0. The van der Waals surface area contributed by atoms with E-state index in [1.165, 1.54) is 0 Å². The van der Waals surface area contributed by atoms with Gasteiger partial charge in [0.25, 0.3) is 0 Å². The van der Waals surface area contributed by atoms with Crippen molar-refractivity contribution in [2.24, 2.45) is 0 Å². The summed E-state index contributed by atoms with van der Waals surface area (Å²) in [7, 11) is 0. The van der Waals surface area contributed by atoms with E-state index in [2.05, 4.69) is 6.07 Å². The van der Waals surface area contributed by atoms with E-state index in [-0.39, 0.29) is 5.75 Å². The number of rotatable bonds is 0. The van der Waals surface area contributed by atoms with Crippen molar-refractivity contribution in [3.05, 3.63) is 29.8 Å². The van der Waals surface area contributed by atoms with Gasteiger partial charge in [-0.25, -0.2) is 0 Å². The van der Waals surface area contributed by atoms with E-state index < -0.39 is 0 Å². The summed E-state index contributed by atoms with van der Waals surface area (Å²) >= 11 is 0. The van der Waals surface area contributed by atoms with Crippen LogP contribution in [0.1, 0.15) is 5.56 Å². The van der Waals surface area contributed by atoms with E-state index in [1.807, 2.05) is 13.0 Å². The average molecular weight is 107 g/mol. The van der Waals surface area contributed by atoms with Crippen LogP contribution in [0.4, 0.5) is 0 Å². The molecule has 1 radical (unpaired) electrons. The monoisotopic (exact) mass is 107 g/mol. The first-order valence-electron chi connectivity index (χ1n) is 2.46. The Morgan fingerprint density at radius 2 is 2.38 bits per heavy atom. The number of hydrogen-bond acceptors (Lipinski definition) is 1. The Bertz CT molecular complexity index is 164. The molecule has 1 aromatic rings. The van der Waals surface area contributed by atoms with Crippen LogP contribution in [0.25, 0.3) is 0 Å². The summed E-state index contributed by atoms with van der Waals surface area (Å²) in [6.45, 7) is 1.92. The zero-order valence-electron chi connectivity index (χ0n) is 4.68. The van der Waals surface area contributed by atoms with Crippen LogP contribution in [0, 0.1) is 13.0 Å². The molecule has 41 valence electrons. The van der Waals surface area contributed by atoms with Gasteiger partial charge in [0.2, 0.25) is 0 Å². The van der Waals surface area contributed by atoms with Gasteiger partial charge in [0.1, 0.15) is 5.75 Å². The zero-order valence-corrected chi connectivity index (χ0v) is 4.68. The van der Waals surface area contributed by atoms with E-state index in [1.54, 1.807) is 12.1 Å². The lowest BCUT2D eigenvalue weighted by Gasteiger charge is -1.89. The number of phenols is 1. The molecule has 0 aromatic heterocycles. The molecular weight excluding hydrogens is 100 g/mol. The van der Waals surface area contributed by atoms with Gasteiger partial charge >= 0.3 is 0 Å². The third kappa shape index (κ3) is 0.997. The van der Waals surface area contributed by atoms with E-state index >= 15 is 0 Å². The molecule has 0 atom stereocenters. The van der Waals surface area contributed by atoms with Crippen molar-refractivity contribution in [3.8, 4) is 5.75 Å².